The van der Waals surface area contributed by atoms with E-state index in [4.69, 9.17) is 4.99 Å². The number of nitrogens with one attached hydrogen (secondary N) is 2. The first-order valence-electron chi connectivity index (χ1n) is 11.1. The Kier molecular flexibility index (Phi) is 8.21. The van der Waals surface area contributed by atoms with Crippen molar-refractivity contribution in [1.82, 2.24) is 20.1 Å². The number of hydrogen-bond acceptors (Lipinski definition) is 4. The maximum Gasteiger partial charge on any atom is 0.321 e. The van der Waals surface area contributed by atoms with Crippen molar-refractivity contribution in [3.63, 3.8) is 0 Å². The highest BCUT2D eigenvalue weighted by molar-refractivity contribution is 5.94. The summed E-state index contributed by atoms with van der Waals surface area (Å²) < 4.78 is 13.5. The molecule has 4 rings (SSSR count). The molecule has 182 valence electrons. The Morgan fingerprint density at radius 2 is 2.00 bits per heavy atom. The number of guanidine groups is 1. The SMILES string of the molecule is C.CC(C)[C@@H]1CN(C(=O)Nc2cccc(F)c2)CCN1C(=Nc1cccc2ncccc12)NC#N. The average molecular weight is 476 g/mol. The highest BCUT2D eigenvalue weighted by atomic mass is 19.1. The highest BCUT2D eigenvalue weighted by Crippen LogP contribution is 2.26. The number of carbonyl (C=O) groups excluding carboxylic acids is 1. The van der Waals surface area contributed by atoms with Crippen molar-refractivity contribution < 1.29 is 9.18 Å². The third-order valence-electron chi connectivity index (χ3n) is 5.84. The fourth-order valence-electron chi connectivity index (χ4n) is 4.11. The molecule has 8 nitrogen and oxygen atoms in total. The van der Waals surface area contributed by atoms with Gasteiger partial charge in [-0.2, -0.15) is 5.26 Å². The zero-order valence-electron chi connectivity index (χ0n) is 19.1. The Hall–Kier alpha value is -4.19. The lowest BCUT2D eigenvalue weighted by molar-refractivity contribution is 0.118. The largest absolute Gasteiger partial charge is 0.335 e. The van der Waals surface area contributed by atoms with Gasteiger partial charge in [-0.05, 0) is 48.4 Å². The molecule has 1 saturated heterocycles. The topological polar surface area (TPSA) is 96.7 Å². The van der Waals surface area contributed by atoms with E-state index in [0.717, 1.165) is 10.9 Å². The van der Waals surface area contributed by atoms with E-state index in [1.165, 1.54) is 12.1 Å². The number of rotatable bonds is 3. The molecule has 2 amide bonds. The van der Waals surface area contributed by atoms with Gasteiger partial charge in [-0.15, -0.1) is 0 Å². The van der Waals surface area contributed by atoms with E-state index < -0.39 is 5.82 Å². The number of aromatic nitrogens is 1. The summed E-state index contributed by atoms with van der Waals surface area (Å²) in [5.74, 6) is 0.196. The van der Waals surface area contributed by atoms with Crippen LogP contribution in [-0.2, 0) is 0 Å². The fourth-order valence-corrected chi connectivity index (χ4v) is 4.11. The lowest BCUT2D eigenvalue weighted by atomic mass is 10.00. The standard InChI is InChI=1S/C25H26FN7O.CH4/c1-17(2)23-15-32(25(34)30-19-7-3-6-18(26)14-19)12-13-33(23)24(29-16-27)31-22-10-4-9-21-20(22)8-5-11-28-21;/h3-11,14,17,23H,12-13,15H2,1-2H3,(H,29,31)(H,30,34);1H4/t23-;/m0./s1. The van der Waals surface area contributed by atoms with E-state index in [1.54, 1.807) is 23.2 Å². The third-order valence-corrected chi connectivity index (χ3v) is 5.84. The van der Waals surface area contributed by atoms with E-state index in [0.29, 0.717) is 37.0 Å². The van der Waals surface area contributed by atoms with Gasteiger partial charge in [-0.25, -0.2) is 14.2 Å². The molecule has 1 fully saturated rings. The van der Waals surface area contributed by atoms with Crippen LogP contribution in [0.3, 0.4) is 0 Å². The molecule has 1 aromatic heterocycles. The molecule has 1 aliphatic rings. The van der Waals surface area contributed by atoms with E-state index >= 15 is 0 Å². The molecule has 9 heteroatoms. The van der Waals surface area contributed by atoms with Gasteiger partial charge in [0.2, 0.25) is 5.96 Å². The number of nitriles is 1. The summed E-state index contributed by atoms with van der Waals surface area (Å²) in [7, 11) is 0. The summed E-state index contributed by atoms with van der Waals surface area (Å²) in [4.78, 5) is 25.8. The van der Waals surface area contributed by atoms with Crippen LogP contribution < -0.4 is 10.6 Å². The molecule has 3 aromatic rings. The van der Waals surface area contributed by atoms with Gasteiger partial charge in [0.15, 0.2) is 6.19 Å². The van der Waals surface area contributed by atoms with Crippen molar-refractivity contribution >= 4 is 34.3 Å². The fraction of sp³-hybridized carbons (Fsp3) is 0.308. The molecule has 0 aliphatic carbocycles. The molecule has 0 spiro atoms. The number of fused-ring (bicyclic) bond motifs is 1. The minimum absolute atomic E-state index is 0. The monoisotopic (exact) mass is 475 g/mol. The number of aliphatic imine (C=N–C) groups is 1. The number of amides is 2. The van der Waals surface area contributed by atoms with Gasteiger partial charge in [0.05, 0.1) is 17.2 Å². The van der Waals surface area contributed by atoms with Crippen LogP contribution in [0.15, 0.2) is 65.8 Å². The molecule has 0 saturated carbocycles. The third kappa shape index (κ3) is 5.84. The van der Waals surface area contributed by atoms with Gasteiger partial charge in [0.1, 0.15) is 5.82 Å². The second kappa shape index (κ2) is 11.3. The van der Waals surface area contributed by atoms with Crippen LogP contribution in [-0.4, -0.2) is 52.5 Å². The van der Waals surface area contributed by atoms with Crippen LogP contribution in [0.4, 0.5) is 20.6 Å². The number of benzene rings is 2. The minimum Gasteiger partial charge on any atom is -0.335 e. The number of halogens is 1. The number of carbonyl (C=O) groups is 1. The lowest BCUT2D eigenvalue weighted by Gasteiger charge is -2.44. The van der Waals surface area contributed by atoms with Crippen molar-refractivity contribution in [2.45, 2.75) is 27.3 Å². The van der Waals surface area contributed by atoms with E-state index in [1.807, 2.05) is 41.4 Å². The van der Waals surface area contributed by atoms with Gasteiger partial charge in [0.25, 0.3) is 0 Å². The van der Waals surface area contributed by atoms with E-state index in [2.05, 4.69) is 29.5 Å². The van der Waals surface area contributed by atoms with E-state index in [9.17, 15) is 14.4 Å². The maximum atomic E-state index is 13.5. The Bertz CT molecular complexity index is 1250. The normalized spacial score (nSPS) is 16.0. The molecule has 1 aliphatic heterocycles. The second-order valence-corrected chi connectivity index (χ2v) is 8.41. The Balaban J connectivity index is 0.00000342. The Morgan fingerprint density at radius 1 is 1.20 bits per heavy atom. The Morgan fingerprint density at radius 3 is 2.74 bits per heavy atom. The van der Waals surface area contributed by atoms with Crippen LogP contribution in [0, 0.1) is 23.2 Å². The lowest BCUT2D eigenvalue weighted by Crippen LogP contribution is -2.60. The van der Waals surface area contributed by atoms with Crippen LogP contribution in [0.1, 0.15) is 21.3 Å². The summed E-state index contributed by atoms with van der Waals surface area (Å²) in [6.45, 7) is 5.47. The quantitative estimate of drug-likeness (QED) is 0.242. The second-order valence-electron chi connectivity index (χ2n) is 8.41. The molecular weight excluding hydrogens is 445 g/mol. The summed E-state index contributed by atoms with van der Waals surface area (Å²) >= 11 is 0. The average Bonchev–Trinajstić information content (AvgIpc) is 2.83. The van der Waals surface area contributed by atoms with Gasteiger partial charge < -0.3 is 15.1 Å². The molecule has 0 unspecified atom stereocenters. The minimum atomic E-state index is -0.408. The first-order chi connectivity index (χ1) is 16.5. The smallest absolute Gasteiger partial charge is 0.321 e. The number of anilines is 1. The molecule has 1 atom stereocenters. The van der Waals surface area contributed by atoms with Gasteiger partial charge in [-0.3, -0.25) is 10.3 Å². The summed E-state index contributed by atoms with van der Waals surface area (Å²) in [5.41, 5.74) is 1.93. The number of piperazine rings is 1. The predicted molar refractivity (Wildman–Crippen MR) is 137 cm³/mol. The maximum absolute atomic E-state index is 13.5. The Labute approximate surface area is 205 Å². The molecule has 0 bridgehead atoms. The molecular formula is C26H30FN7O. The number of pyridine rings is 1. The van der Waals surface area contributed by atoms with Crippen molar-refractivity contribution in [3.8, 4) is 6.19 Å². The number of hydrogen-bond donors (Lipinski definition) is 2. The molecule has 2 aromatic carbocycles. The number of nitrogens with zero attached hydrogens (tertiary/aromatic N) is 5. The van der Waals surface area contributed by atoms with Crippen molar-refractivity contribution in [3.05, 3.63) is 66.6 Å². The van der Waals surface area contributed by atoms with Gasteiger partial charge >= 0.3 is 6.03 Å². The highest BCUT2D eigenvalue weighted by Gasteiger charge is 2.33. The molecule has 35 heavy (non-hydrogen) atoms. The van der Waals surface area contributed by atoms with Crippen LogP contribution >= 0.6 is 0 Å². The molecule has 2 heterocycles. The zero-order chi connectivity index (χ0) is 24.1. The van der Waals surface area contributed by atoms with Crippen molar-refractivity contribution in [2.75, 3.05) is 25.0 Å². The van der Waals surface area contributed by atoms with Crippen molar-refractivity contribution in [1.29, 1.82) is 5.26 Å². The van der Waals surface area contributed by atoms with Crippen LogP contribution in [0.25, 0.3) is 10.9 Å². The predicted octanol–water partition coefficient (Wildman–Crippen LogP) is 4.94. The first-order valence-corrected chi connectivity index (χ1v) is 11.1. The van der Waals surface area contributed by atoms with Crippen molar-refractivity contribution in [2.24, 2.45) is 10.9 Å². The first kappa shape index (κ1) is 25.4. The van der Waals surface area contributed by atoms with E-state index in [-0.39, 0.29) is 25.4 Å². The van der Waals surface area contributed by atoms with Crippen LogP contribution in [0.2, 0.25) is 0 Å². The summed E-state index contributed by atoms with van der Waals surface area (Å²) in [6, 6.07) is 14.9. The zero-order valence-corrected chi connectivity index (χ0v) is 19.1. The van der Waals surface area contributed by atoms with Gasteiger partial charge in [-0.1, -0.05) is 33.4 Å². The summed E-state index contributed by atoms with van der Waals surface area (Å²) in [5, 5.41) is 15.8. The number of urea groups is 1. The molecule has 0 radical (unpaired) electrons. The summed E-state index contributed by atoms with van der Waals surface area (Å²) in [6.07, 6.45) is 3.73. The van der Waals surface area contributed by atoms with Crippen LogP contribution in [0.5, 0.6) is 0 Å². The van der Waals surface area contributed by atoms with Gasteiger partial charge in [0, 0.05) is 36.9 Å². The molecule has 2 N–H and O–H groups in total.